The summed E-state index contributed by atoms with van der Waals surface area (Å²) in [6.45, 7) is 4.25. The van der Waals surface area contributed by atoms with Crippen LogP contribution in [0.25, 0.3) is 0 Å². The van der Waals surface area contributed by atoms with E-state index in [0.29, 0.717) is 0 Å². The highest BCUT2D eigenvalue weighted by molar-refractivity contribution is 5.78. The molecule has 7 heteroatoms. The van der Waals surface area contributed by atoms with Crippen LogP contribution in [0.2, 0.25) is 0 Å². The van der Waals surface area contributed by atoms with Gasteiger partial charge >= 0.3 is 11.9 Å². The Labute approximate surface area is 198 Å². The van der Waals surface area contributed by atoms with Gasteiger partial charge in [0, 0.05) is 11.8 Å². The van der Waals surface area contributed by atoms with Crippen molar-refractivity contribution < 1.29 is 33.4 Å². The van der Waals surface area contributed by atoms with E-state index in [1.54, 1.807) is 13.8 Å². The maximum absolute atomic E-state index is 12.3. The number of esters is 2. The first-order chi connectivity index (χ1) is 15.9. The minimum Gasteiger partial charge on any atom is -0.463 e. The normalized spacial score (nSPS) is 26.7. The molecular formula is C26H42O7. The Hall–Kier alpha value is -1.76. The summed E-state index contributed by atoms with van der Waals surface area (Å²) in [4.78, 5) is 47.7. The van der Waals surface area contributed by atoms with E-state index in [4.69, 9.17) is 14.2 Å². The zero-order chi connectivity index (χ0) is 24.1. The number of rotatable bonds is 10. The quantitative estimate of drug-likeness (QED) is 0.347. The summed E-state index contributed by atoms with van der Waals surface area (Å²) in [5.74, 6) is 0.274. The monoisotopic (exact) mass is 466 g/mol. The molecule has 0 spiro atoms. The number of ketones is 2. The van der Waals surface area contributed by atoms with Crippen LogP contribution in [0.5, 0.6) is 0 Å². The van der Waals surface area contributed by atoms with Crippen LogP contribution in [0.15, 0.2) is 0 Å². The van der Waals surface area contributed by atoms with Gasteiger partial charge in [-0.1, -0.05) is 25.7 Å². The zero-order valence-electron chi connectivity index (χ0n) is 20.5. The fraction of sp³-hybridized carbons (Fsp3) is 0.846. The van der Waals surface area contributed by atoms with Gasteiger partial charge in [0.05, 0.1) is 25.0 Å². The largest absolute Gasteiger partial charge is 0.463 e. The van der Waals surface area contributed by atoms with Gasteiger partial charge in [-0.3, -0.25) is 19.2 Å². The highest BCUT2D eigenvalue weighted by Crippen LogP contribution is 2.28. The smallest absolute Gasteiger partial charge is 0.309 e. The van der Waals surface area contributed by atoms with Gasteiger partial charge in [0.1, 0.15) is 24.8 Å². The van der Waals surface area contributed by atoms with Gasteiger partial charge in [0.25, 0.3) is 0 Å². The third-order valence-electron chi connectivity index (χ3n) is 7.18. The fourth-order valence-corrected chi connectivity index (χ4v) is 5.04. The lowest BCUT2D eigenvalue weighted by atomic mass is 9.84. The number of ether oxygens (including phenoxy) is 3. The molecule has 0 aromatic rings. The number of Topliss-reactive ketones (excluding diaryl/α,β-unsaturated/α-hetero) is 2. The summed E-state index contributed by atoms with van der Waals surface area (Å²) in [6.07, 6.45) is 10.1. The number of carbonyl (C=O) groups excluding carboxylic acids is 4. The maximum Gasteiger partial charge on any atom is 0.309 e. The standard InChI is InChI=1S/C26H42O7/c1-19(27)21-7-3-11-23(12-4-8-21)25(29)32-17-15-31-16-18-33-26(30)24-13-5-9-22(20(2)28)10-6-14-24/h21-24H,3-18H2,1-2H3. The summed E-state index contributed by atoms with van der Waals surface area (Å²) < 4.78 is 16.2. The molecule has 7 nitrogen and oxygen atoms in total. The molecule has 2 saturated carbocycles. The third kappa shape index (κ3) is 10.4. The van der Waals surface area contributed by atoms with Crippen LogP contribution in [-0.2, 0) is 33.4 Å². The van der Waals surface area contributed by atoms with Crippen LogP contribution in [-0.4, -0.2) is 49.9 Å². The second-order valence-electron chi connectivity index (χ2n) is 9.68. The van der Waals surface area contributed by atoms with Gasteiger partial charge in [0.15, 0.2) is 0 Å². The van der Waals surface area contributed by atoms with Crippen LogP contribution < -0.4 is 0 Å². The Morgan fingerprint density at radius 1 is 0.515 bits per heavy atom. The highest BCUT2D eigenvalue weighted by atomic mass is 16.6. The van der Waals surface area contributed by atoms with E-state index < -0.39 is 0 Å². The van der Waals surface area contributed by atoms with Gasteiger partial charge in [-0.05, 0) is 65.2 Å². The van der Waals surface area contributed by atoms with Crippen molar-refractivity contribution in [3.05, 3.63) is 0 Å². The second kappa shape index (κ2) is 15.2. The lowest BCUT2D eigenvalue weighted by Gasteiger charge is -2.22. The Morgan fingerprint density at radius 3 is 1.12 bits per heavy atom. The molecule has 188 valence electrons. The van der Waals surface area contributed by atoms with Crippen LogP contribution >= 0.6 is 0 Å². The molecule has 0 saturated heterocycles. The summed E-state index contributed by atoms with van der Waals surface area (Å²) in [5, 5.41) is 0. The molecule has 0 amide bonds. The summed E-state index contributed by atoms with van der Waals surface area (Å²) >= 11 is 0. The molecule has 0 atom stereocenters. The molecular weight excluding hydrogens is 424 g/mol. The van der Waals surface area contributed by atoms with Gasteiger partial charge < -0.3 is 14.2 Å². The minimum absolute atomic E-state index is 0.0895. The van der Waals surface area contributed by atoms with Crippen molar-refractivity contribution in [1.29, 1.82) is 0 Å². The first-order valence-corrected chi connectivity index (χ1v) is 12.8. The predicted octanol–water partition coefficient (Wildman–Crippen LogP) is 4.44. The number of hydrogen-bond acceptors (Lipinski definition) is 7. The molecule has 2 fully saturated rings. The van der Waals surface area contributed by atoms with Crippen molar-refractivity contribution in [2.24, 2.45) is 23.7 Å². The molecule has 0 N–H and O–H groups in total. The molecule has 2 aliphatic carbocycles. The minimum atomic E-state index is -0.178. The van der Waals surface area contributed by atoms with Crippen LogP contribution in [0.3, 0.4) is 0 Å². The van der Waals surface area contributed by atoms with Crippen LogP contribution in [0.4, 0.5) is 0 Å². The Balaban J connectivity index is 1.51. The van der Waals surface area contributed by atoms with E-state index in [0.717, 1.165) is 77.0 Å². The SMILES string of the molecule is CC(=O)C1CCCC(C(=O)OCCOCCOC(=O)C2CCCC(C(C)=O)CCC2)CCC1. The lowest BCUT2D eigenvalue weighted by Crippen LogP contribution is -2.24. The van der Waals surface area contributed by atoms with Gasteiger partial charge in [-0.15, -0.1) is 0 Å². The van der Waals surface area contributed by atoms with Crippen molar-refractivity contribution in [2.45, 2.75) is 90.9 Å². The van der Waals surface area contributed by atoms with Crippen molar-refractivity contribution in [3.63, 3.8) is 0 Å². The van der Waals surface area contributed by atoms with Gasteiger partial charge in [-0.2, -0.15) is 0 Å². The maximum atomic E-state index is 12.3. The molecule has 33 heavy (non-hydrogen) atoms. The Bertz CT molecular complexity index is 571. The molecule has 0 unspecified atom stereocenters. The van der Waals surface area contributed by atoms with Crippen molar-refractivity contribution in [2.75, 3.05) is 26.4 Å². The first-order valence-electron chi connectivity index (χ1n) is 12.8. The summed E-state index contributed by atoms with van der Waals surface area (Å²) in [7, 11) is 0. The second-order valence-corrected chi connectivity index (χ2v) is 9.68. The van der Waals surface area contributed by atoms with Crippen molar-refractivity contribution in [1.82, 2.24) is 0 Å². The average Bonchev–Trinajstić information content (AvgIpc) is 2.72. The predicted molar refractivity (Wildman–Crippen MR) is 123 cm³/mol. The van der Waals surface area contributed by atoms with Gasteiger partial charge in [-0.25, -0.2) is 0 Å². The van der Waals surface area contributed by atoms with Crippen molar-refractivity contribution in [3.8, 4) is 0 Å². The topological polar surface area (TPSA) is 96.0 Å². The average molecular weight is 467 g/mol. The molecule has 2 rings (SSSR count). The number of hydrogen-bond donors (Lipinski definition) is 0. The molecule has 0 aliphatic heterocycles. The van der Waals surface area contributed by atoms with E-state index in [2.05, 4.69) is 0 Å². The lowest BCUT2D eigenvalue weighted by molar-refractivity contribution is -0.152. The number of carbonyl (C=O) groups is 4. The van der Waals surface area contributed by atoms with E-state index >= 15 is 0 Å². The zero-order valence-corrected chi connectivity index (χ0v) is 20.5. The van der Waals surface area contributed by atoms with E-state index in [1.165, 1.54) is 0 Å². The fourth-order valence-electron chi connectivity index (χ4n) is 5.04. The molecule has 0 radical (unpaired) electrons. The van der Waals surface area contributed by atoms with E-state index in [9.17, 15) is 19.2 Å². The molecule has 0 heterocycles. The molecule has 2 aliphatic rings. The third-order valence-corrected chi connectivity index (χ3v) is 7.18. The van der Waals surface area contributed by atoms with Crippen LogP contribution in [0, 0.1) is 23.7 Å². The highest BCUT2D eigenvalue weighted by Gasteiger charge is 2.26. The Morgan fingerprint density at radius 2 is 0.818 bits per heavy atom. The molecule has 0 aromatic carbocycles. The van der Waals surface area contributed by atoms with Crippen molar-refractivity contribution >= 4 is 23.5 Å². The Kier molecular flexibility index (Phi) is 12.7. The summed E-state index contributed by atoms with van der Waals surface area (Å²) in [5.41, 5.74) is 0. The molecule has 0 bridgehead atoms. The van der Waals surface area contributed by atoms with Gasteiger partial charge in [0.2, 0.25) is 0 Å². The van der Waals surface area contributed by atoms with E-state index in [1.807, 2.05) is 0 Å². The van der Waals surface area contributed by atoms with Crippen LogP contribution in [0.1, 0.15) is 90.9 Å². The first kappa shape index (κ1) is 27.5. The summed E-state index contributed by atoms with van der Waals surface area (Å²) in [6, 6.07) is 0. The van der Waals surface area contributed by atoms with E-state index in [-0.39, 0.29) is 73.6 Å². The molecule has 0 aromatic heterocycles.